The summed E-state index contributed by atoms with van der Waals surface area (Å²) in [6.07, 6.45) is 1.65. The molecule has 5 nitrogen and oxygen atoms in total. The summed E-state index contributed by atoms with van der Waals surface area (Å²) >= 11 is 0. The van der Waals surface area contributed by atoms with E-state index in [-0.39, 0.29) is 23.7 Å². The summed E-state index contributed by atoms with van der Waals surface area (Å²) in [7, 11) is 1.73. The van der Waals surface area contributed by atoms with Crippen molar-refractivity contribution in [3.63, 3.8) is 0 Å². The summed E-state index contributed by atoms with van der Waals surface area (Å²) in [5.74, 6) is -0.0417. The lowest BCUT2D eigenvalue weighted by Gasteiger charge is -2.27. The molecule has 0 aliphatic carbocycles. The number of fused-ring (bicyclic) bond motifs is 1. The van der Waals surface area contributed by atoms with Gasteiger partial charge in [-0.15, -0.1) is 0 Å². The first-order valence-electron chi connectivity index (χ1n) is 6.82. The Morgan fingerprint density at radius 3 is 2.62 bits per heavy atom. The van der Waals surface area contributed by atoms with Gasteiger partial charge in [0.25, 0.3) is 5.91 Å². The average molecular weight is 284 g/mol. The SMILES string of the molecule is CN1CCn2ccc(=O)c(OCc3ccccc3)c2C1=O. The monoisotopic (exact) mass is 284 g/mol. The molecule has 0 saturated carbocycles. The van der Waals surface area contributed by atoms with Crippen LogP contribution in [0.4, 0.5) is 0 Å². The first kappa shape index (κ1) is 13.4. The maximum atomic E-state index is 12.3. The Labute approximate surface area is 122 Å². The zero-order valence-corrected chi connectivity index (χ0v) is 11.8. The van der Waals surface area contributed by atoms with Gasteiger partial charge in [-0.3, -0.25) is 9.59 Å². The van der Waals surface area contributed by atoms with Crippen LogP contribution in [0.3, 0.4) is 0 Å². The third kappa shape index (κ3) is 2.54. The summed E-state index contributed by atoms with van der Waals surface area (Å²) in [5, 5.41) is 0. The molecule has 0 bridgehead atoms. The number of carbonyl (C=O) groups excluding carboxylic acids is 1. The Kier molecular flexibility index (Phi) is 3.48. The summed E-state index contributed by atoms with van der Waals surface area (Å²) in [4.78, 5) is 25.9. The molecular formula is C16H16N2O3. The molecule has 0 radical (unpaired) electrons. The van der Waals surface area contributed by atoms with E-state index >= 15 is 0 Å². The van der Waals surface area contributed by atoms with Gasteiger partial charge in [0.1, 0.15) is 6.61 Å². The van der Waals surface area contributed by atoms with Crippen molar-refractivity contribution in [3.8, 4) is 5.75 Å². The molecule has 108 valence electrons. The van der Waals surface area contributed by atoms with Gasteiger partial charge in [0.05, 0.1) is 0 Å². The van der Waals surface area contributed by atoms with Crippen molar-refractivity contribution in [1.82, 2.24) is 9.47 Å². The van der Waals surface area contributed by atoms with Crippen LogP contribution in [0.25, 0.3) is 0 Å². The standard InChI is InChI=1S/C16H16N2O3/c1-17-9-10-18-8-7-13(19)15(14(18)16(17)20)21-11-12-5-3-2-4-6-12/h2-8H,9-11H2,1H3. The van der Waals surface area contributed by atoms with Crippen LogP contribution in [0, 0.1) is 0 Å². The molecule has 1 aromatic carbocycles. The predicted octanol–water partition coefficient (Wildman–Crippen LogP) is 1.51. The molecule has 2 heterocycles. The van der Waals surface area contributed by atoms with Crippen LogP contribution in [0.1, 0.15) is 16.1 Å². The number of aromatic nitrogens is 1. The lowest BCUT2D eigenvalue weighted by molar-refractivity contribution is 0.0739. The van der Waals surface area contributed by atoms with Gasteiger partial charge in [-0.2, -0.15) is 0 Å². The predicted molar refractivity (Wildman–Crippen MR) is 78.4 cm³/mol. The van der Waals surface area contributed by atoms with E-state index in [2.05, 4.69) is 0 Å². The highest BCUT2D eigenvalue weighted by Crippen LogP contribution is 2.20. The Hall–Kier alpha value is -2.56. The van der Waals surface area contributed by atoms with Gasteiger partial charge >= 0.3 is 0 Å². The van der Waals surface area contributed by atoms with Crippen LogP contribution in [-0.4, -0.2) is 29.0 Å². The number of ether oxygens (including phenoxy) is 1. The number of nitrogens with zero attached hydrogens (tertiary/aromatic N) is 2. The number of pyridine rings is 1. The van der Waals surface area contributed by atoms with Crippen molar-refractivity contribution in [1.29, 1.82) is 0 Å². The Morgan fingerprint density at radius 2 is 1.86 bits per heavy atom. The van der Waals surface area contributed by atoms with Crippen LogP contribution in [0.2, 0.25) is 0 Å². The number of likely N-dealkylation sites (N-methyl/N-ethyl adjacent to an activating group) is 1. The minimum atomic E-state index is -0.263. The molecule has 1 amide bonds. The van der Waals surface area contributed by atoms with E-state index in [1.807, 2.05) is 30.3 Å². The fraction of sp³-hybridized carbons (Fsp3) is 0.250. The van der Waals surface area contributed by atoms with Crippen molar-refractivity contribution in [2.45, 2.75) is 13.2 Å². The van der Waals surface area contributed by atoms with Crippen LogP contribution in [-0.2, 0) is 13.2 Å². The molecule has 1 aliphatic heterocycles. The summed E-state index contributed by atoms with van der Waals surface area (Å²) in [6.45, 7) is 1.57. The van der Waals surface area contributed by atoms with Crippen molar-refractivity contribution >= 4 is 5.91 Å². The largest absolute Gasteiger partial charge is 0.483 e. The van der Waals surface area contributed by atoms with Gasteiger partial charge in [-0.05, 0) is 5.56 Å². The number of hydrogen-bond donors (Lipinski definition) is 0. The number of hydrogen-bond acceptors (Lipinski definition) is 3. The molecule has 0 spiro atoms. The van der Waals surface area contributed by atoms with E-state index in [0.717, 1.165) is 5.56 Å². The molecular weight excluding hydrogens is 268 g/mol. The second-order valence-corrected chi connectivity index (χ2v) is 5.05. The second kappa shape index (κ2) is 5.44. The van der Waals surface area contributed by atoms with E-state index in [1.165, 1.54) is 6.07 Å². The Balaban J connectivity index is 1.95. The zero-order valence-electron chi connectivity index (χ0n) is 11.8. The Morgan fingerprint density at radius 1 is 1.10 bits per heavy atom. The average Bonchev–Trinajstić information content (AvgIpc) is 2.51. The Bertz CT molecular complexity index is 722. The van der Waals surface area contributed by atoms with Gasteiger partial charge in [-0.25, -0.2) is 0 Å². The first-order chi connectivity index (χ1) is 10.2. The van der Waals surface area contributed by atoms with E-state index in [9.17, 15) is 9.59 Å². The minimum Gasteiger partial charge on any atom is -0.483 e. The van der Waals surface area contributed by atoms with Crippen molar-refractivity contribution < 1.29 is 9.53 Å². The zero-order chi connectivity index (χ0) is 14.8. The van der Waals surface area contributed by atoms with Crippen LogP contribution < -0.4 is 10.2 Å². The van der Waals surface area contributed by atoms with Gasteiger partial charge in [0.2, 0.25) is 5.43 Å². The second-order valence-electron chi connectivity index (χ2n) is 5.05. The van der Waals surface area contributed by atoms with Crippen molar-refractivity contribution in [3.05, 3.63) is 64.1 Å². The molecule has 1 aliphatic rings. The van der Waals surface area contributed by atoms with E-state index in [0.29, 0.717) is 18.8 Å². The van der Waals surface area contributed by atoms with Crippen LogP contribution >= 0.6 is 0 Å². The van der Waals surface area contributed by atoms with E-state index in [1.54, 1.807) is 22.7 Å². The lowest BCUT2D eigenvalue weighted by atomic mass is 10.2. The fourth-order valence-electron chi connectivity index (χ4n) is 2.37. The molecule has 0 saturated heterocycles. The van der Waals surface area contributed by atoms with E-state index < -0.39 is 0 Å². The van der Waals surface area contributed by atoms with Gasteiger partial charge in [-0.1, -0.05) is 30.3 Å². The number of benzene rings is 1. The molecule has 0 unspecified atom stereocenters. The number of amides is 1. The van der Waals surface area contributed by atoms with Crippen LogP contribution in [0.15, 0.2) is 47.4 Å². The molecule has 21 heavy (non-hydrogen) atoms. The van der Waals surface area contributed by atoms with Gasteiger partial charge in [0, 0.05) is 32.4 Å². The lowest BCUT2D eigenvalue weighted by Crippen LogP contribution is -2.39. The smallest absolute Gasteiger partial charge is 0.274 e. The topological polar surface area (TPSA) is 51.5 Å². The fourth-order valence-corrected chi connectivity index (χ4v) is 2.37. The molecule has 2 aromatic rings. The maximum absolute atomic E-state index is 12.3. The van der Waals surface area contributed by atoms with E-state index in [4.69, 9.17) is 4.74 Å². The molecule has 1 aromatic heterocycles. The quantitative estimate of drug-likeness (QED) is 0.858. The van der Waals surface area contributed by atoms with Crippen molar-refractivity contribution in [2.75, 3.05) is 13.6 Å². The minimum absolute atomic E-state index is 0.137. The summed E-state index contributed by atoms with van der Waals surface area (Å²) in [6, 6.07) is 11.0. The number of carbonyl (C=O) groups is 1. The van der Waals surface area contributed by atoms with Gasteiger partial charge < -0.3 is 14.2 Å². The summed E-state index contributed by atoms with van der Waals surface area (Å²) in [5.41, 5.74) is 1.03. The maximum Gasteiger partial charge on any atom is 0.274 e. The highest BCUT2D eigenvalue weighted by Gasteiger charge is 2.26. The molecule has 5 heteroatoms. The highest BCUT2D eigenvalue weighted by molar-refractivity contribution is 5.95. The van der Waals surface area contributed by atoms with Gasteiger partial charge in [0.15, 0.2) is 11.4 Å². The normalized spacial score (nSPS) is 14.0. The van der Waals surface area contributed by atoms with Crippen molar-refractivity contribution in [2.24, 2.45) is 0 Å². The molecule has 3 rings (SSSR count). The highest BCUT2D eigenvalue weighted by atomic mass is 16.5. The third-order valence-electron chi connectivity index (χ3n) is 3.58. The molecule has 0 atom stereocenters. The third-order valence-corrected chi connectivity index (χ3v) is 3.58. The molecule has 0 fully saturated rings. The molecule has 0 N–H and O–H groups in total. The first-order valence-corrected chi connectivity index (χ1v) is 6.82. The van der Waals surface area contributed by atoms with Crippen LogP contribution in [0.5, 0.6) is 5.75 Å². The summed E-state index contributed by atoms with van der Waals surface area (Å²) < 4.78 is 7.44. The number of rotatable bonds is 3.